The zero-order valence-electron chi connectivity index (χ0n) is 25.8. The van der Waals surface area contributed by atoms with Crippen LogP contribution in [0.5, 0.6) is 0 Å². The molecule has 0 bridgehead atoms. The minimum atomic E-state index is 0.459. The number of aromatic amines is 1. The lowest BCUT2D eigenvalue weighted by Crippen LogP contribution is -1.95. The van der Waals surface area contributed by atoms with Crippen molar-refractivity contribution in [1.29, 1.82) is 0 Å². The molecule has 4 aromatic heterocycles. The van der Waals surface area contributed by atoms with E-state index in [4.69, 9.17) is 4.42 Å². The minimum Gasteiger partial charge on any atom is -0.454 e. The Morgan fingerprint density at radius 3 is 1.84 bits per heavy atom. The molecule has 0 aliphatic rings. The number of para-hydroxylation sites is 2. The molecule has 45 heavy (non-hydrogen) atoms. The molecule has 0 saturated carbocycles. The van der Waals surface area contributed by atoms with Gasteiger partial charge in [0.2, 0.25) is 0 Å². The Labute approximate surface area is 260 Å². The summed E-state index contributed by atoms with van der Waals surface area (Å²) in [5, 5.41) is 9.83. The predicted molar refractivity (Wildman–Crippen MR) is 191 cm³/mol. The quantitative estimate of drug-likeness (QED) is 0.222. The highest BCUT2D eigenvalue weighted by Gasteiger charge is 2.24. The van der Waals surface area contributed by atoms with Crippen molar-refractivity contribution in [2.24, 2.45) is 0 Å². The van der Waals surface area contributed by atoms with Crippen LogP contribution in [-0.4, -0.2) is 9.38 Å². The van der Waals surface area contributed by atoms with Crippen molar-refractivity contribution in [2.75, 3.05) is 0 Å². The fraction of sp³-hybridized carbons (Fsp3) is 0.143. The van der Waals surface area contributed by atoms with E-state index in [1.165, 1.54) is 71.1 Å². The topological polar surface area (TPSA) is 33.3 Å². The first-order chi connectivity index (χ1) is 22.0. The van der Waals surface area contributed by atoms with Crippen molar-refractivity contribution < 1.29 is 4.42 Å². The van der Waals surface area contributed by atoms with Gasteiger partial charge in [-0.2, -0.15) is 0 Å². The van der Waals surface area contributed by atoms with Crippen molar-refractivity contribution in [1.82, 2.24) is 9.38 Å². The zero-order valence-corrected chi connectivity index (χ0v) is 25.8. The molecule has 0 amide bonds. The monoisotopic (exact) mass is 580 g/mol. The predicted octanol–water partition coefficient (Wildman–Crippen LogP) is 12.3. The number of fused-ring (bicyclic) bond motifs is 14. The molecule has 0 spiro atoms. The zero-order chi connectivity index (χ0) is 30.1. The molecule has 3 nitrogen and oxygen atoms in total. The summed E-state index contributed by atoms with van der Waals surface area (Å²) in [5.41, 5.74) is 13.1. The lowest BCUT2D eigenvalue weighted by Gasteiger charge is -2.15. The van der Waals surface area contributed by atoms with Crippen LogP contribution in [-0.2, 0) is 0 Å². The highest BCUT2D eigenvalue weighted by atomic mass is 16.3. The van der Waals surface area contributed by atoms with Crippen LogP contribution in [0, 0.1) is 0 Å². The molecule has 0 aliphatic heterocycles. The standard InChI is InChI=1S/C42H32N2O/c1-22(2)24-17-25(23(3)4)19-26(18-24)27-20-34-31-14-13-30-28-9-5-7-11-36(28)43-38(30)40(31)44-39(34)35(21-27)32-15-16-33-29-10-6-8-12-37(29)45-42(33)41(32)44/h5-23,43H,1-4H3. The highest BCUT2D eigenvalue weighted by Crippen LogP contribution is 2.47. The second kappa shape index (κ2) is 8.67. The number of hydrogen-bond acceptors (Lipinski definition) is 1. The van der Waals surface area contributed by atoms with Gasteiger partial charge >= 0.3 is 0 Å². The molecule has 0 saturated heterocycles. The molecule has 4 heterocycles. The van der Waals surface area contributed by atoms with Gasteiger partial charge in [0.25, 0.3) is 0 Å². The molecule has 10 rings (SSSR count). The van der Waals surface area contributed by atoms with E-state index < -0.39 is 0 Å². The number of furan rings is 1. The van der Waals surface area contributed by atoms with Crippen molar-refractivity contribution >= 4 is 81.8 Å². The first-order valence-corrected chi connectivity index (χ1v) is 16.1. The van der Waals surface area contributed by atoms with Crippen molar-refractivity contribution in [2.45, 2.75) is 39.5 Å². The van der Waals surface area contributed by atoms with E-state index in [0.29, 0.717) is 11.8 Å². The Morgan fingerprint density at radius 2 is 1.11 bits per heavy atom. The van der Waals surface area contributed by atoms with Crippen LogP contribution in [0.3, 0.4) is 0 Å². The van der Waals surface area contributed by atoms with E-state index in [0.717, 1.165) is 33.0 Å². The van der Waals surface area contributed by atoms with Gasteiger partial charge in [-0.15, -0.1) is 0 Å². The number of nitrogens with one attached hydrogen (secondary N) is 1. The van der Waals surface area contributed by atoms with Crippen LogP contribution in [0.15, 0.2) is 108 Å². The Balaban J connectivity index is 1.44. The second-order valence-electron chi connectivity index (χ2n) is 13.4. The molecule has 0 aliphatic carbocycles. The van der Waals surface area contributed by atoms with E-state index in [1.807, 2.05) is 0 Å². The molecule has 0 fully saturated rings. The third-order valence-electron chi connectivity index (χ3n) is 10.2. The highest BCUT2D eigenvalue weighted by molar-refractivity contribution is 6.32. The molecule has 0 radical (unpaired) electrons. The summed E-state index contributed by atoms with van der Waals surface area (Å²) in [5.74, 6) is 0.918. The van der Waals surface area contributed by atoms with Gasteiger partial charge in [0.1, 0.15) is 5.58 Å². The van der Waals surface area contributed by atoms with Crippen LogP contribution < -0.4 is 0 Å². The SMILES string of the molecule is CC(C)c1cc(-c2cc3c4ccc5c6ccccc6[nH]c5c4n4c3c(c2)c2ccc3c5ccccc5oc3c24)cc(C(C)C)c1. The number of hydrogen-bond donors (Lipinski definition) is 1. The second-order valence-corrected chi connectivity index (χ2v) is 13.4. The van der Waals surface area contributed by atoms with Gasteiger partial charge in [0.15, 0.2) is 5.58 Å². The summed E-state index contributed by atoms with van der Waals surface area (Å²) in [4.78, 5) is 3.82. The average molecular weight is 581 g/mol. The van der Waals surface area contributed by atoms with Gasteiger partial charge in [-0.05, 0) is 64.4 Å². The number of H-pyrrole nitrogens is 1. The van der Waals surface area contributed by atoms with Crippen LogP contribution in [0.2, 0.25) is 0 Å². The van der Waals surface area contributed by atoms with Gasteiger partial charge in [-0.25, -0.2) is 0 Å². The smallest absolute Gasteiger partial charge is 0.160 e. The Kier molecular flexibility index (Phi) is 4.83. The molecular weight excluding hydrogens is 548 g/mol. The maximum absolute atomic E-state index is 6.71. The van der Waals surface area contributed by atoms with Crippen LogP contribution in [0.1, 0.15) is 50.7 Å². The normalized spacial score (nSPS) is 12.8. The van der Waals surface area contributed by atoms with E-state index >= 15 is 0 Å². The number of nitrogens with zero attached hydrogens (tertiary/aromatic N) is 1. The minimum absolute atomic E-state index is 0.459. The molecule has 216 valence electrons. The van der Waals surface area contributed by atoms with Crippen LogP contribution in [0.25, 0.3) is 93.0 Å². The molecular formula is C42H32N2O. The maximum atomic E-state index is 6.71. The molecule has 3 heteroatoms. The van der Waals surface area contributed by atoms with E-state index in [9.17, 15) is 0 Å². The fourth-order valence-corrected chi connectivity index (χ4v) is 7.87. The summed E-state index contributed by atoms with van der Waals surface area (Å²) in [6, 6.07) is 38.3. The lowest BCUT2D eigenvalue weighted by atomic mass is 9.90. The Bertz CT molecular complexity index is 2640. The van der Waals surface area contributed by atoms with Crippen molar-refractivity contribution in [3.63, 3.8) is 0 Å². The summed E-state index contributed by atoms with van der Waals surface area (Å²) in [6.07, 6.45) is 0. The summed E-state index contributed by atoms with van der Waals surface area (Å²) in [6.45, 7) is 9.17. The summed E-state index contributed by atoms with van der Waals surface area (Å²) >= 11 is 0. The van der Waals surface area contributed by atoms with Crippen LogP contribution in [0.4, 0.5) is 0 Å². The van der Waals surface area contributed by atoms with E-state index in [1.54, 1.807) is 0 Å². The van der Waals surface area contributed by atoms with Gasteiger partial charge in [0, 0.05) is 48.6 Å². The number of aromatic nitrogens is 2. The fourth-order valence-electron chi connectivity index (χ4n) is 7.87. The van der Waals surface area contributed by atoms with Gasteiger partial charge in [-0.1, -0.05) is 100 Å². The maximum Gasteiger partial charge on any atom is 0.160 e. The Morgan fingerprint density at radius 1 is 0.511 bits per heavy atom. The van der Waals surface area contributed by atoms with Gasteiger partial charge in [0.05, 0.1) is 22.1 Å². The summed E-state index contributed by atoms with van der Waals surface area (Å²) in [7, 11) is 0. The summed E-state index contributed by atoms with van der Waals surface area (Å²) < 4.78 is 9.21. The van der Waals surface area contributed by atoms with Gasteiger partial charge in [-0.3, -0.25) is 0 Å². The average Bonchev–Trinajstić information content (AvgIpc) is 3.80. The molecule has 1 N–H and O–H groups in total. The molecule has 0 unspecified atom stereocenters. The lowest BCUT2D eigenvalue weighted by molar-refractivity contribution is 0.671. The first kappa shape index (κ1) is 25.1. The van der Waals surface area contributed by atoms with Crippen molar-refractivity contribution in [3.8, 4) is 11.1 Å². The first-order valence-electron chi connectivity index (χ1n) is 16.1. The largest absolute Gasteiger partial charge is 0.454 e. The van der Waals surface area contributed by atoms with Gasteiger partial charge < -0.3 is 13.8 Å². The van der Waals surface area contributed by atoms with Crippen molar-refractivity contribution in [3.05, 3.63) is 114 Å². The number of benzene rings is 6. The van der Waals surface area contributed by atoms with E-state index in [-0.39, 0.29) is 0 Å². The molecule has 6 aromatic carbocycles. The molecule has 0 atom stereocenters. The third kappa shape index (κ3) is 3.25. The Hall–Kier alpha value is -5.28. The van der Waals surface area contributed by atoms with Crippen LogP contribution >= 0.6 is 0 Å². The van der Waals surface area contributed by atoms with E-state index in [2.05, 4.69) is 140 Å². The molecule has 10 aromatic rings. The number of rotatable bonds is 3. The third-order valence-corrected chi connectivity index (χ3v) is 10.2.